The molecule has 3 heterocycles. The molecule has 0 spiro atoms. The number of nitrogens with zero attached hydrogens (tertiary/aromatic N) is 3. The standard InChI is InChI=1S/C25H37N3O3/c1-18(2)28-17-23(31-22-7-5-4-6-8-22)24(28)20-9-15-27(16-10-20)25(30)21-11-13-26(14-12-21)19(3)29/h4-8,18,20-21,23-24H,9-17H2,1-3H3. The van der Waals surface area contributed by atoms with Crippen LogP contribution in [0.3, 0.4) is 0 Å². The monoisotopic (exact) mass is 427 g/mol. The van der Waals surface area contributed by atoms with Gasteiger partial charge in [0.05, 0.1) is 6.04 Å². The second-order valence-electron chi connectivity index (χ2n) is 9.69. The fraction of sp³-hybridized carbons (Fsp3) is 0.680. The number of para-hydroxylation sites is 1. The van der Waals surface area contributed by atoms with Crippen LogP contribution >= 0.6 is 0 Å². The molecule has 3 aliphatic heterocycles. The first-order chi connectivity index (χ1) is 14.9. The van der Waals surface area contributed by atoms with Gasteiger partial charge >= 0.3 is 0 Å². The lowest BCUT2D eigenvalue weighted by molar-refractivity contribution is -0.143. The van der Waals surface area contributed by atoms with Crippen molar-refractivity contribution in [1.82, 2.24) is 14.7 Å². The number of hydrogen-bond donors (Lipinski definition) is 0. The highest BCUT2D eigenvalue weighted by atomic mass is 16.5. The summed E-state index contributed by atoms with van der Waals surface area (Å²) in [5.74, 6) is 2.01. The van der Waals surface area contributed by atoms with Crippen molar-refractivity contribution < 1.29 is 14.3 Å². The van der Waals surface area contributed by atoms with Gasteiger partial charge in [0.2, 0.25) is 11.8 Å². The highest BCUT2D eigenvalue weighted by molar-refractivity contribution is 5.79. The average Bonchev–Trinajstić information content (AvgIpc) is 2.77. The van der Waals surface area contributed by atoms with Crippen molar-refractivity contribution in [2.24, 2.45) is 11.8 Å². The van der Waals surface area contributed by atoms with Crippen LogP contribution in [0.4, 0.5) is 0 Å². The molecule has 0 aromatic heterocycles. The van der Waals surface area contributed by atoms with Gasteiger partial charge in [-0.3, -0.25) is 14.5 Å². The van der Waals surface area contributed by atoms with Crippen molar-refractivity contribution in [1.29, 1.82) is 0 Å². The highest BCUT2D eigenvalue weighted by Crippen LogP contribution is 2.36. The van der Waals surface area contributed by atoms with Crippen LogP contribution in [0.5, 0.6) is 5.75 Å². The molecule has 0 bridgehead atoms. The molecule has 0 N–H and O–H groups in total. The summed E-state index contributed by atoms with van der Waals surface area (Å²) in [6.45, 7) is 10.2. The van der Waals surface area contributed by atoms with E-state index in [4.69, 9.17) is 4.74 Å². The predicted octanol–water partition coefficient (Wildman–Crippen LogP) is 3.02. The molecule has 3 aliphatic rings. The van der Waals surface area contributed by atoms with E-state index in [1.165, 1.54) is 0 Å². The van der Waals surface area contributed by atoms with Gasteiger partial charge in [-0.15, -0.1) is 0 Å². The van der Waals surface area contributed by atoms with Crippen molar-refractivity contribution in [3.63, 3.8) is 0 Å². The molecule has 1 aromatic rings. The van der Waals surface area contributed by atoms with Crippen LogP contribution in [0.1, 0.15) is 46.5 Å². The van der Waals surface area contributed by atoms with E-state index in [2.05, 4.69) is 23.6 Å². The van der Waals surface area contributed by atoms with Gasteiger partial charge in [-0.1, -0.05) is 18.2 Å². The van der Waals surface area contributed by atoms with Crippen LogP contribution in [-0.4, -0.2) is 77.4 Å². The maximum Gasteiger partial charge on any atom is 0.225 e. The van der Waals surface area contributed by atoms with Gasteiger partial charge in [-0.05, 0) is 57.6 Å². The Bertz CT molecular complexity index is 753. The smallest absolute Gasteiger partial charge is 0.225 e. The van der Waals surface area contributed by atoms with Gasteiger partial charge in [0.15, 0.2) is 0 Å². The third-order valence-electron chi connectivity index (χ3n) is 7.47. The molecular weight excluding hydrogens is 390 g/mol. The molecule has 170 valence electrons. The van der Waals surface area contributed by atoms with Crippen molar-refractivity contribution in [2.45, 2.75) is 64.6 Å². The summed E-state index contributed by atoms with van der Waals surface area (Å²) in [6.07, 6.45) is 3.92. The van der Waals surface area contributed by atoms with Gasteiger partial charge in [0.25, 0.3) is 0 Å². The molecule has 6 heteroatoms. The zero-order valence-corrected chi connectivity index (χ0v) is 19.2. The van der Waals surface area contributed by atoms with E-state index in [9.17, 15) is 9.59 Å². The number of rotatable bonds is 5. The zero-order chi connectivity index (χ0) is 22.0. The lowest BCUT2D eigenvalue weighted by Gasteiger charge is -2.54. The van der Waals surface area contributed by atoms with Crippen molar-refractivity contribution >= 4 is 11.8 Å². The highest BCUT2D eigenvalue weighted by Gasteiger charge is 2.47. The second-order valence-corrected chi connectivity index (χ2v) is 9.69. The van der Waals surface area contributed by atoms with E-state index in [0.717, 1.165) is 51.1 Å². The van der Waals surface area contributed by atoms with Crippen LogP contribution in [0.25, 0.3) is 0 Å². The fourth-order valence-corrected chi connectivity index (χ4v) is 5.58. The van der Waals surface area contributed by atoms with E-state index >= 15 is 0 Å². The number of benzene rings is 1. The Morgan fingerprint density at radius 3 is 2.13 bits per heavy atom. The summed E-state index contributed by atoms with van der Waals surface area (Å²) in [4.78, 5) is 31.1. The molecule has 4 rings (SSSR count). The molecule has 1 aromatic carbocycles. The Balaban J connectivity index is 1.31. The lowest BCUT2D eigenvalue weighted by atomic mass is 9.79. The summed E-state index contributed by atoms with van der Waals surface area (Å²) < 4.78 is 6.34. The van der Waals surface area contributed by atoms with Gasteiger partial charge in [-0.25, -0.2) is 0 Å². The van der Waals surface area contributed by atoms with Crippen molar-refractivity contribution in [3.8, 4) is 5.75 Å². The van der Waals surface area contributed by atoms with E-state index in [-0.39, 0.29) is 17.9 Å². The molecule has 2 unspecified atom stereocenters. The minimum Gasteiger partial charge on any atom is -0.487 e. The van der Waals surface area contributed by atoms with Crippen molar-refractivity contribution in [2.75, 3.05) is 32.7 Å². The van der Waals surface area contributed by atoms with Crippen LogP contribution in [-0.2, 0) is 9.59 Å². The molecule has 2 amide bonds. The number of hydrogen-bond acceptors (Lipinski definition) is 4. The van der Waals surface area contributed by atoms with E-state index < -0.39 is 0 Å². The molecule has 3 fully saturated rings. The van der Waals surface area contributed by atoms with Crippen LogP contribution < -0.4 is 4.74 Å². The van der Waals surface area contributed by atoms with Crippen molar-refractivity contribution in [3.05, 3.63) is 30.3 Å². The summed E-state index contributed by atoms with van der Waals surface area (Å²) in [6, 6.07) is 11.1. The van der Waals surface area contributed by atoms with Crippen LogP contribution in [0, 0.1) is 11.8 Å². The minimum atomic E-state index is 0.0807. The first-order valence-electron chi connectivity index (χ1n) is 12.0. The number of carbonyl (C=O) groups is 2. The van der Waals surface area contributed by atoms with E-state index in [1.54, 1.807) is 6.92 Å². The Hall–Kier alpha value is -2.08. The van der Waals surface area contributed by atoms with E-state index in [1.807, 2.05) is 35.2 Å². The largest absolute Gasteiger partial charge is 0.487 e. The number of piperidine rings is 2. The third-order valence-corrected chi connectivity index (χ3v) is 7.47. The average molecular weight is 428 g/mol. The molecule has 31 heavy (non-hydrogen) atoms. The quantitative estimate of drug-likeness (QED) is 0.725. The zero-order valence-electron chi connectivity index (χ0n) is 19.2. The minimum absolute atomic E-state index is 0.0807. The normalized spacial score (nSPS) is 26.1. The number of carbonyl (C=O) groups excluding carboxylic acids is 2. The second kappa shape index (κ2) is 9.60. The maximum atomic E-state index is 13.1. The molecule has 6 nitrogen and oxygen atoms in total. The van der Waals surface area contributed by atoms with Crippen LogP contribution in [0.15, 0.2) is 30.3 Å². The molecule has 0 radical (unpaired) electrons. The maximum absolute atomic E-state index is 13.1. The first-order valence-corrected chi connectivity index (χ1v) is 12.0. The number of amides is 2. The fourth-order valence-electron chi connectivity index (χ4n) is 5.58. The Morgan fingerprint density at radius 1 is 0.935 bits per heavy atom. The topological polar surface area (TPSA) is 53.1 Å². The van der Waals surface area contributed by atoms with Crippen LogP contribution in [0.2, 0.25) is 0 Å². The molecule has 2 atom stereocenters. The molecule has 3 saturated heterocycles. The summed E-state index contributed by atoms with van der Waals surface area (Å²) >= 11 is 0. The molecule has 0 saturated carbocycles. The summed E-state index contributed by atoms with van der Waals surface area (Å²) in [5.41, 5.74) is 0. The van der Waals surface area contributed by atoms with E-state index in [0.29, 0.717) is 37.0 Å². The number of ether oxygens (including phenoxy) is 1. The van der Waals surface area contributed by atoms with Gasteiger partial charge in [-0.2, -0.15) is 0 Å². The SMILES string of the molecule is CC(=O)N1CCC(C(=O)N2CCC(C3C(Oc4ccccc4)CN3C(C)C)CC2)CC1. The molecular formula is C25H37N3O3. The summed E-state index contributed by atoms with van der Waals surface area (Å²) in [7, 11) is 0. The first kappa shape index (κ1) is 22.1. The van der Waals surface area contributed by atoms with Gasteiger partial charge in [0, 0.05) is 51.6 Å². The van der Waals surface area contributed by atoms with Gasteiger partial charge in [0.1, 0.15) is 11.9 Å². The number of likely N-dealkylation sites (tertiary alicyclic amines) is 3. The van der Waals surface area contributed by atoms with Gasteiger partial charge < -0.3 is 14.5 Å². The Morgan fingerprint density at radius 2 is 1.55 bits per heavy atom. The summed E-state index contributed by atoms with van der Waals surface area (Å²) in [5, 5.41) is 0. The molecule has 0 aliphatic carbocycles. The third kappa shape index (κ3) is 4.89. The Labute approximate surface area is 186 Å². The lowest BCUT2D eigenvalue weighted by Crippen LogP contribution is -2.68. The predicted molar refractivity (Wildman–Crippen MR) is 121 cm³/mol. The Kier molecular flexibility index (Phi) is 6.85.